The van der Waals surface area contributed by atoms with Gasteiger partial charge in [0.05, 0.1) is 18.6 Å². The van der Waals surface area contributed by atoms with Crippen molar-refractivity contribution in [3.63, 3.8) is 0 Å². The lowest BCUT2D eigenvalue weighted by Crippen LogP contribution is -2.23. The van der Waals surface area contributed by atoms with Gasteiger partial charge in [-0.3, -0.25) is 0 Å². The fourth-order valence-corrected chi connectivity index (χ4v) is 4.45. The van der Waals surface area contributed by atoms with Gasteiger partial charge in [-0.1, -0.05) is 60.2 Å². The predicted octanol–water partition coefficient (Wildman–Crippen LogP) is 7.73. The van der Waals surface area contributed by atoms with Gasteiger partial charge in [0.1, 0.15) is 0 Å². The maximum Gasteiger partial charge on any atom is 0.0960 e. The molecule has 0 amide bonds. The summed E-state index contributed by atoms with van der Waals surface area (Å²) in [6, 6.07) is 34.3. The lowest BCUT2D eigenvalue weighted by atomic mass is 9.95. The van der Waals surface area contributed by atoms with Gasteiger partial charge < -0.3 is 10.2 Å². The van der Waals surface area contributed by atoms with E-state index < -0.39 is 0 Å². The fourth-order valence-electron chi connectivity index (χ4n) is 4.45. The number of aryl methyl sites for hydroxylation is 1. The Hall–Kier alpha value is -4.11. The van der Waals surface area contributed by atoms with Gasteiger partial charge >= 0.3 is 0 Å². The maximum atomic E-state index is 4.86. The van der Waals surface area contributed by atoms with E-state index in [1.165, 1.54) is 32.7 Å². The van der Waals surface area contributed by atoms with Crippen LogP contribution in [0.25, 0.3) is 21.5 Å². The van der Waals surface area contributed by atoms with Crippen molar-refractivity contribution in [2.75, 3.05) is 10.2 Å². The molecule has 3 heteroatoms. The quantitative estimate of drug-likeness (QED) is 0.307. The molecule has 32 heavy (non-hydrogen) atoms. The third kappa shape index (κ3) is 3.28. The number of anilines is 3. The molecule has 0 spiro atoms. The highest BCUT2D eigenvalue weighted by atomic mass is 15.2. The summed E-state index contributed by atoms with van der Waals surface area (Å²) in [6.07, 6.45) is 1.94. The van der Waals surface area contributed by atoms with Crippen LogP contribution >= 0.6 is 0 Å². The first-order valence-electron chi connectivity index (χ1n) is 10.9. The second kappa shape index (κ2) is 7.54. The zero-order chi connectivity index (χ0) is 21.5. The maximum absolute atomic E-state index is 4.86. The van der Waals surface area contributed by atoms with Crippen LogP contribution in [0.2, 0.25) is 0 Å². The molecule has 0 fully saturated rings. The topological polar surface area (TPSA) is 27.6 Å². The summed E-state index contributed by atoms with van der Waals surface area (Å²) < 4.78 is 0. The minimum Gasteiger partial charge on any atom is -0.355 e. The van der Waals surface area contributed by atoms with E-state index in [1.54, 1.807) is 0 Å². The summed E-state index contributed by atoms with van der Waals surface area (Å²) in [5, 5.41) is 8.59. The number of hydrogen-bond acceptors (Lipinski definition) is 3. The van der Waals surface area contributed by atoms with Crippen LogP contribution < -0.4 is 10.2 Å². The molecule has 1 aliphatic heterocycles. The molecule has 3 nitrogen and oxygen atoms in total. The number of para-hydroxylation sites is 1. The molecule has 1 aliphatic rings. The molecule has 5 aromatic rings. The van der Waals surface area contributed by atoms with Crippen molar-refractivity contribution in [2.45, 2.75) is 13.5 Å². The lowest BCUT2D eigenvalue weighted by Gasteiger charge is -2.26. The highest BCUT2D eigenvalue weighted by Crippen LogP contribution is 2.40. The smallest absolute Gasteiger partial charge is 0.0960 e. The Bertz CT molecular complexity index is 1470. The molecule has 0 radical (unpaired) electrons. The first kappa shape index (κ1) is 18.6. The van der Waals surface area contributed by atoms with Crippen LogP contribution in [-0.2, 0) is 6.54 Å². The number of aliphatic imine (C=N–C) groups is 1. The number of fused-ring (bicyclic) bond motifs is 4. The van der Waals surface area contributed by atoms with Crippen LogP contribution in [0.3, 0.4) is 0 Å². The van der Waals surface area contributed by atoms with Gasteiger partial charge in [-0.2, -0.15) is 0 Å². The average Bonchev–Trinajstić information content (AvgIpc) is 2.85. The van der Waals surface area contributed by atoms with Gasteiger partial charge in [-0.25, -0.2) is 4.99 Å². The van der Waals surface area contributed by atoms with Crippen LogP contribution in [0.5, 0.6) is 0 Å². The minimum atomic E-state index is 0.794. The second-order valence-corrected chi connectivity index (χ2v) is 8.37. The number of nitrogens with one attached hydrogen (secondary N) is 1. The number of hydrogen-bond donors (Lipinski definition) is 1. The van der Waals surface area contributed by atoms with E-state index in [1.807, 2.05) is 12.4 Å². The highest BCUT2D eigenvalue weighted by molar-refractivity contribution is 6.08. The Balaban J connectivity index is 1.54. The van der Waals surface area contributed by atoms with E-state index in [-0.39, 0.29) is 0 Å². The summed E-state index contributed by atoms with van der Waals surface area (Å²) in [5.41, 5.74) is 6.84. The van der Waals surface area contributed by atoms with Crippen molar-refractivity contribution in [1.29, 1.82) is 0 Å². The van der Waals surface area contributed by atoms with Crippen molar-refractivity contribution < 1.29 is 0 Å². The predicted molar refractivity (Wildman–Crippen MR) is 137 cm³/mol. The zero-order valence-corrected chi connectivity index (χ0v) is 17.9. The van der Waals surface area contributed by atoms with Crippen molar-refractivity contribution in [2.24, 2.45) is 4.99 Å². The number of nitrogens with zero attached hydrogens (tertiary/aromatic N) is 2. The van der Waals surface area contributed by atoms with E-state index >= 15 is 0 Å². The van der Waals surface area contributed by atoms with Crippen molar-refractivity contribution in [3.05, 3.63) is 108 Å². The molecule has 0 unspecified atom stereocenters. The van der Waals surface area contributed by atoms with Crippen molar-refractivity contribution in [1.82, 2.24) is 0 Å². The summed E-state index contributed by atoms with van der Waals surface area (Å²) in [5.74, 6) is 0. The van der Waals surface area contributed by atoms with Gasteiger partial charge in [0.2, 0.25) is 0 Å². The van der Waals surface area contributed by atoms with E-state index in [0.717, 1.165) is 29.3 Å². The van der Waals surface area contributed by atoms with Gasteiger partial charge in [-0.05, 0) is 65.5 Å². The normalized spacial score (nSPS) is 12.8. The molecule has 0 atom stereocenters. The molecule has 6 rings (SSSR count). The Morgan fingerprint density at radius 1 is 0.750 bits per heavy atom. The van der Waals surface area contributed by atoms with Gasteiger partial charge in [0.25, 0.3) is 0 Å². The van der Waals surface area contributed by atoms with Crippen LogP contribution in [0.4, 0.5) is 22.7 Å². The van der Waals surface area contributed by atoms with Gasteiger partial charge in [0.15, 0.2) is 0 Å². The molecular formula is C29H23N3. The van der Waals surface area contributed by atoms with Crippen LogP contribution in [-0.4, -0.2) is 6.34 Å². The Kier molecular flexibility index (Phi) is 4.39. The third-order valence-corrected chi connectivity index (χ3v) is 6.17. The second-order valence-electron chi connectivity index (χ2n) is 8.37. The van der Waals surface area contributed by atoms with E-state index in [0.29, 0.717) is 0 Å². The molecule has 0 saturated carbocycles. The van der Waals surface area contributed by atoms with Crippen LogP contribution in [0, 0.1) is 6.92 Å². The molecule has 1 N–H and O–H groups in total. The van der Waals surface area contributed by atoms with Crippen molar-refractivity contribution in [3.8, 4) is 0 Å². The summed E-state index contributed by atoms with van der Waals surface area (Å²) in [6.45, 7) is 2.90. The Morgan fingerprint density at radius 3 is 2.19 bits per heavy atom. The van der Waals surface area contributed by atoms with E-state index in [9.17, 15) is 0 Å². The first-order valence-corrected chi connectivity index (χ1v) is 10.9. The lowest BCUT2D eigenvalue weighted by molar-refractivity contribution is 1.01. The molecular weight excluding hydrogens is 390 g/mol. The summed E-state index contributed by atoms with van der Waals surface area (Å²) >= 11 is 0. The zero-order valence-electron chi connectivity index (χ0n) is 17.9. The Labute approximate surface area is 187 Å². The van der Waals surface area contributed by atoms with Gasteiger partial charge in [-0.15, -0.1) is 0 Å². The summed E-state index contributed by atoms with van der Waals surface area (Å²) in [7, 11) is 0. The largest absolute Gasteiger partial charge is 0.355 e. The van der Waals surface area contributed by atoms with Gasteiger partial charge in [0, 0.05) is 28.0 Å². The first-order chi connectivity index (χ1) is 15.7. The highest BCUT2D eigenvalue weighted by Gasteiger charge is 2.19. The van der Waals surface area contributed by atoms with Crippen LogP contribution in [0.15, 0.2) is 102 Å². The number of rotatable bonds is 3. The average molecular weight is 414 g/mol. The molecule has 154 valence electrons. The van der Waals surface area contributed by atoms with Crippen LogP contribution in [0.1, 0.15) is 11.1 Å². The fraction of sp³-hybridized carbons (Fsp3) is 0.0690. The van der Waals surface area contributed by atoms with E-state index in [4.69, 9.17) is 4.99 Å². The minimum absolute atomic E-state index is 0.794. The number of benzene rings is 5. The molecule has 5 aromatic carbocycles. The molecule has 0 bridgehead atoms. The Morgan fingerprint density at radius 2 is 1.44 bits per heavy atom. The van der Waals surface area contributed by atoms with Crippen molar-refractivity contribution >= 4 is 50.6 Å². The standard InChI is InChI=1S/C29H23N3/c1-20-11-13-23(14-12-20)31-29-17-28-27(18-32(19-30-28)24-9-3-2-4-10-24)25-15-21-7-5-6-8-22(21)16-26(25)29/h2-17,19,31H,18H2,1H3. The molecule has 0 aromatic heterocycles. The molecule has 0 saturated heterocycles. The summed E-state index contributed by atoms with van der Waals surface area (Å²) in [4.78, 5) is 7.07. The SMILES string of the molecule is Cc1ccc(Nc2cc3c(c4cc5ccccc5cc24)CN(c2ccccc2)C=N3)cc1. The van der Waals surface area contributed by atoms with E-state index in [2.05, 4.69) is 108 Å². The monoisotopic (exact) mass is 413 g/mol. The third-order valence-electron chi connectivity index (χ3n) is 6.17. The molecule has 0 aliphatic carbocycles. The molecule has 1 heterocycles.